The number of halogens is 1. The lowest BCUT2D eigenvalue weighted by Crippen LogP contribution is -2.52. The van der Waals surface area contributed by atoms with E-state index in [0.29, 0.717) is 23.6 Å². The second kappa shape index (κ2) is 8.11. The van der Waals surface area contributed by atoms with Gasteiger partial charge in [-0.3, -0.25) is 4.79 Å². The molecule has 142 valence electrons. The van der Waals surface area contributed by atoms with E-state index in [4.69, 9.17) is 10.2 Å². The fourth-order valence-electron chi connectivity index (χ4n) is 3.56. The molecule has 0 saturated heterocycles. The Balaban J connectivity index is 0.00000210. The summed E-state index contributed by atoms with van der Waals surface area (Å²) in [6.45, 7) is 0. The molecule has 0 unspecified atom stereocenters. The van der Waals surface area contributed by atoms with E-state index in [-0.39, 0.29) is 18.3 Å². The van der Waals surface area contributed by atoms with Crippen LogP contribution in [0.3, 0.4) is 0 Å². The molecule has 0 spiro atoms. The molecule has 0 bridgehead atoms. The fraction of sp³-hybridized carbons (Fsp3) is 0.333. The predicted octanol–water partition coefficient (Wildman–Crippen LogP) is 4.44. The zero-order valence-corrected chi connectivity index (χ0v) is 15.9. The summed E-state index contributed by atoms with van der Waals surface area (Å²) in [7, 11) is 0. The van der Waals surface area contributed by atoms with Crippen molar-refractivity contribution in [2.75, 3.05) is 5.32 Å². The maximum absolute atomic E-state index is 12.6. The Labute approximate surface area is 164 Å². The van der Waals surface area contributed by atoms with Crippen LogP contribution >= 0.6 is 12.4 Å². The minimum absolute atomic E-state index is 0. The van der Waals surface area contributed by atoms with Gasteiger partial charge in [0.1, 0.15) is 5.52 Å². The molecule has 1 saturated carbocycles. The Bertz CT molecular complexity index is 918. The third kappa shape index (κ3) is 4.31. The second-order valence-electron chi connectivity index (χ2n) is 7.12. The van der Waals surface area contributed by atoms with Gasteiger partial charge in [0.15, 0.2) is 11.5 Å². The highest BCUT2D eigenvalue weighted by molar-refractivity contribution is 5.99. The molecule has 0 radical (unpaired) electrons. The van der Waals surface area contributed by atoms with Crippen LogP contribution in [0.15, 0.2) is 52.9 Å². The molecule has 1 aliphatic rings. The van der Waals surface area contributed by atoms with Crippen molar-refractivity contribution in [3.63, 3.8) is 0 Å². The van der Waals surface area contributed by atoms with E-state index in [1.54, 1.807) is 0 Å². The van der Waals surface area contributed by atoms with Gasteiger partial charge in [-0.2, -0.15) is 0 Å². The van der Waals surface area contributed by atoms with Crippen LogP contribution in [0, 0.1) is 0 Å². The van der Waals surface area contributed by atoms with Gasteiger partial charge >= 0.3 is 0 Å². The number of anilines is 1. The van der Waals surface area contributed by atoms with Crippen molar-refractivity contribution in [2.45, 2.75) is 44.1 Å². The van der Waals surface area contributed by atoms with E-state index in [1.807, 2.05) is 48.5 Å². The Kier molecular flexibility index (Phi) is 5.82. The van der Waals surface area contributed by atoms with Crippen molar-refractivity contribution in [1.29, 1.82) is 0 Å². The van der Waals surface area contributed by atoms with Crippen molar-refractivity contribution in [3.8, 4) is 0 Å². The summed E-state index contributed by atoms with van der Waals surface area (Å²) >= 11 is 0. The Hall–Kier alpha value is -2.37. The van der Waals surface area contributed by atoms with Crippen molar-refractivity contribution in [1.82, 2.24) is 4.98 Å². The number of hydrogen-bond donors (Lipinski definition) is 2. The van der Waals surface area contributed by atoms with Crippen molar-refractivity contribution in [2.24, 2.45) is 5.73 Å². The lowest BCUT2D eigenvalue weighted by Gasteiger charge is -2.31. The smallest absolute Gasteiger partial charge is 0.244 e. The molecule has 6 heteroatoms. The van der Waals surface area contributed by atoms with Gasteiger partial charge in [0.05, 0.1) is 5.54 Å². The first-order valence-electron chi connectivity index (χ1n) is 9.16. The number of nitrogens with one attached hydrogen (secondary N) is 1. The van der Waals surface area contributed by atoms with Gasteiger partial charge < -0.3 is 15.5 Å². The number of rotatable bonds is 4. The first kappa shape index (κ1) is 19.4. The zero-order valence-electron chi connectivity index (χ0n) is 15.1. The third-order valence-corrected chi connectivity index (χ3v) is 5.09. The van der Waals surface area contributed by atoms with Crippen LogP contribution < -0.4 is 11.1 Å². The minimum Gasteiger partial charge on any atom is -0.440 e. The summed E-state index contributed by atoms with van der Waals surface area (Å²) in [5.74, 6) is 0.554. The molecule has 3 N–H and O–H groups in total. The van der Waals surface area contributed by atoms with Gasteiger partial charge in [-0.1, -0.05) is 49.6 Å². The Morgan fingerprint density at radius 2 is 1.85 bits per heavy atom. The van der Waals surface area contributed by atoms with Crippen LogP contribution in [0.5, 0.6) is 0 Å². The normalized spacial score (nSPS) is 15.9. The lowest BCUT2D eigenvalue weighted by molar-refractivity contribution is -0.122. The van der Waals surface area contributed by atoms with Crippen LogP contribution in [0.1, 0.15) is 43.6 Å². The van der Waals surface area contributed by atoms with Gasteiger partial charge in [0, 0.05) is 18.2 Å². The average molecular weight is 386 g/mol. The zero-order chi connectivity index (χ0) is 18.0. The minimum atomic E-state index is -0.757. The molecular weight excluding hydrogens is 362 g/mol. The van der Waals surface area contributed by atoms with Crippen LogP contribution in [0.4, 0.5) is 5.69 Å². The highest BCUT2D eigenvalue weighted by Gasteiger charge is 2.35. The van der Waals surface area contributed by atoms with Gasteiger partial charge in [-0.15, -0.1) is 12.4 Å². The molecular formula is C21H24ClN3O2. The summed E-state index contributed by atoms with van der Waals surface area (Å²) in [6.07, 6.45) is 5.29. The van der Waals surface area contributed by atoms with Gasteiger partial charge in [0.2, 0.25) is 5.91 Å². The van der Waals surface area contributed by atoms with E-state index in [9.17, 15) is 4.79 Å². The lowest BCUT2D eigenvalue weighted by atomic mass is 9.82. The average Bonchev–Trinajstić information content (AvgIpc) is 3.04. The molecule has 1 fully saturated rings. The molecule has 27 heavy (non-hydrogen) atoms. The summed E-state index contributed by atoms with van der Waals surface area (Å²) in [6, 6.07) is 15.6. The Morgan fingerprint density at radius 3 is 2.59 bits per heavy atom. The van der Waals surface area contributed by atoms with Crippen LogP contribution in [-0.4, -0.2) is 16.4 Å². The molecule has 3 aromatic rings. The molecule has 1 amide bonds. The summed E-state index contributed by atoms with van der Waals surface area (Å²) < 4.78 is 5.87. The molecule has 5 nitrogen and oxygen atoms in total. The third-order valence-electron chi connectivity index (χ3n) is 5.09. The van der Waals surface area contributed by atoms with Gasteiger partial charge in [-0.25, -0.2) is 4.98 Å². The van der Waals surface area contributed by atoms with E-state index >= 15 is 0 Å². The predicted molar refractivity (Wildman–Crippen MR) is 109 cm³/mol. The number of aromatic nitrogens is 1. The number of carbonyl (C=O) groups excluding carboxylic acids is 1. The quantitative estimate of drug-likeness (QED) is 0.695. The van der Waals surface area contributed by atoms with Crippen LogP contribution in [-0.2, 0) is 11.2 Å². The molecule has 1 heterocycles. The van der Waals surface area contributed by atoms with E-state index in [0.717, 1.165) is 43.2 Å². The highest BCUT2D eigenvalue weighted by atomic mass is 35.5. The summed E-state index contributed by atoms with van der Waals surface area (Å²) in [4.78, 5) is 17.1. The first-order valence-corrected chi connectivity index (χ1v) is 9.16. The molecule has 1 aliphatic carbocycles. The van der Waals surface area contributed by atoms with Crippen molar-refractivity contribution < 1.29 is 9.21 Å². The summed E-state index contributed by atoms with van der Waals surface area (Å²) in [5, 5.41) is 2.95. The molecule has 4 rings (SSSR count). The van der Waals surface area contributed by atoms with E-state index in [2.05, 4.69) is 10.3 Å². The van der Waals surface area contributed by atoms with Crippen LogP contribution in [0.25, 0.3) is 11.1 Å². The number of amides is 1. The number of hydrogen-bond acceptors (Lipinski definition) is 4. The number of fused-ring (bicyclic) bond motifs is 1. The number of nitrogens with two attached hydrogens (primary N) is 1. The second-order valence-corrected chi connectivity index (χ2v) is 7.12. The standard InChI is InChI=1S/C21H23N3O2.ClH/c22-21(11-5-2-6-12-21)20(25)23-16-9-10-17-18(14-16)26-19(24-17)13-15-7-3-1-4-8-15;/h1,3-4,7-10,14H,2,5-6,11-13,22H2,(H,23,25);1H. The number of oxazole rings is 1. The number of nitrogens with zero attached hydrogens (tertiary/aromatic N) is 1. The molecule has 1 aromatic heterocycles. The van der Waals surface area contributed by atoms with Crippen molar-refractivity contribution in [3.05, 3.63) is 60.0 Å². The Morgan fingerprint density at radius 1 is 1.11 bits per heavy atom. The highest BCUT2D eigenvalue weighted by Crippen LogP contribution is 2.28. The van der Waals surface area contributed by atoms with Crippen molar-refractivity contribution >= 4 is 35.1 Å². The van der Waals surface area contributed by atoms with Gasteiger partial charge in [-0.05, 0) is 30.5 Å². The SMILES string of the molecule is Cl.NC1(C(=O)Nc2ccc3nc(Cc4ccccc4)oc3c2)CCCCC1. The summed E-state index contributed by atoms with van der Waals surface area (Å²) in [5.41, 5.74) is 8.85. The number of benzene rings is 2. The fourth-order valence-corrected chi connectivity index (χ4v) is 3.56. The van der Waals surface area contributed by atoms with Gasteiger partial charge in [0.25, 0.3) is 0 Å². The first-order chi connectivity index (χ1) is 12.6. The van der Waals surface area contributed by atoms with E-state index < -0.39 is 5.54 Å². The maximum atomic E-state index is 12.6. The monoisotopic (exact) mass is 385 g/mol. The largest absolute Gasteiger partial charge is 0.440 e. The molecule has 0 atom stereocenters. The topological polar surface area (TPSA) is 81.2 Å². The maximum Gasteiger partial charge on any atom is 0.244 e. The number of carbonyl (C=O) groups is 1. The van der Waals surface area contributed by atoms with Crippen LogP contribution in [0.2, 0.25) is 0 Å². The van der Waals surface area contributed by atoms with E-state index in [1.165, 1.54) is 0 Å². The molecule has 2 aromatic carbocycles. The molecule has 0 aliphatic heterocycles.